The summed E-state index contributed by atoms with van der Waals surface area (Å²) in [5.74, 6) is 0.917. The number of rotatable bonds is 2. The predicted molar refractivity (Wildman–Crippen MR) is 78.7 cm³/mol. The van der Waals surface area contributed by atoms with Gasteiger partial charge in [-0.1, -0.05) is 29.3 Å². The largest absolute Gasteiger partial charge is 0.300 e. The summed E-state index contributed by atoms with van der Waals surface area (Å²) >= 11 is 5.92. The molecule has 0 atom stereocenters. The van der Waals surface area contributed by atoms with Crippen molar-refractivity contribution in [3.05, 3.63) is 71.5 Å². The van der Waals surface area contributed by atoms with Gasteiger partial charge in [-0.05, 0) is 43.3 Å². The van der Waals surface area contributed by atoms with E-state index in [0.717, 1.165) is 22.1 Å². The van der Waals surface area contributed by atoms with Crippen molar-refractivity contribution < 1.29 is 0 Å². The molecule has 3 heteroatoms. The molecule has 0 aliphatic rings. The van der Waals surface area contributed by atoms with Crippen molar-refractivity contribution in [1.82, 2.24) is 9.55 Å². The third-order valence-corrected chi connectivity index (χ3v) is 3.31. The van der Waals surface area contributed by atoms with E-state index in [4.69, 9.17) is 11.6 Å². The monoisotopic (exact) mass is 268 g/mol. The van der Waals surface area contributed by atoms with Crippen molar-refractivity contribution in [2.24, 2.45) is 0 Å². The van der Waals surface area contributed by atoms with Gasteiger partial charge in [0.1, 0.15) is 5.82 Å². The Kier molecular flexibility index (Phi) is 3.10. The summed E-state index contributed by atoms with van der Waals surface area (Å²) in [5, 5.41) is 0.734. The molecule has 0 aliphatic heterocycles. The summed E-state index contributed by atoms with van der Waals surface area (Å²) in [7, 11) is 0. The molecule has 3 aromatic rings. The zero-order valence-electron chi connectivity index (χ0n) is 10.5. The number of hydrogen-bond acceptors (Lipinski definition) is 1. The summed E-state index contributed by atoms with van der Waals surface area (Å²) in [6, 6.07) is 16.1. The van der Waals surface area contributed by atoms with Crippen molar-refractivity contribution in [1.29, 1.82) is 0 Å². The van der Waals surface area contributed by atoms with Gasteiger partial charge in [-0.25, -0.2) is 4.98 Å². The number of aromatic nitrogens is 2. The van der Waals surface area contributed by atoms with Crippen molar-refractivity contribution in [3.63, 3.8) is 0 Å². The number of halogens is 1. The highest BCUT2D eigenvalue weighted by Crippen LogP contribution is 2.23. The fourth-order valence-electron chi connectivity index (χ4n) is 2.03. The normalized spacial score (nSPS) is 10.6. The summed E-state index contributed by atoms with van der Waals surface area (Å²) in [6.07, 6.45) is 3.78. The van der Waals surface area contributed by atoms with Crippen molar-refractivity contribution in [3.8, 4) is 17.1 Å². The fourth-order valence-corrected chi connectivity index (χ4v) is 2.16. The van der Waals surface area contributed by atoms with Crippen LogP contribution in [-0.2, 0) is 0 Å². The van der Waals surface area contributed by atoms with Gasteiger partial charge in [0.05, 0.1) is 0 Å². The molecule has 0 unspecified atom stereocenters. The van der Waals surface area contributed by atoms with Crippen LogP contribution < -0.4 is 0 Å². The van der Waals surface area contributed by atoms with Crippen LogP contribution in [0, 0.1) is 6.92 Å². The lowest BCUT2D eigenvalue weighted by Crippen LogP contribution is -1.96. The van der Waals surface area contributed by atoms with Crippen molar-refractivity contribution in [2.45, 2.75) is 6.92 Å². The molecule has 0 N–H and O–H groups in total. The molecule has 1 heterocycles. The third-order valence-electron chi connectivity index (χ3n) is 3.06. The van der Waals surface area contributed by atoms with Crippen LogP contribution in [0.3, 0.4) is 0 Å². The van der Waals surface area contributed by atoms with Gasteiger partial charge >= 0.3 is 0 Å². The van der Waals surface area contributed by atoms with Crippen LogP contribution in [0.15, 0.2) is 60.9 Å². The molecule has 0 bridgehead atoms. The Bertz CT molecular complexity index is 622. The SMILES string of the molecule is Cc1ccc(-n2ccnc2-c2ccc(Cl)cc2)cc1. The van der Waals surface area contributed by atoms with Crippen LogP contribution in [0.5, 0.6) is 0 Å². The van der Waals surface area contributed by atoms with Crippen LogP contribution in [0.4, 0.5) is 0 Å². The van der Waals surface area contributed by atoms with Crippen LogP contribution >= 0.6 is 11.6 Å². The van der Waals surface area contributed by atoms with Gasteiger partial charge in [0, 0.05) is 28.7 Å². The average molecular weight is 269 g/mol. The van der Waals surface area contributed by atoms with Crippen LogP contribution in [-0.4, -0.2) is 9.55 Å². The van der Waals surface area contributed by atoms with Gasteiger partial charge in [-0.2, -0.15) is 0 Å². The van der Waals surface area contributed by atoms with Gasteiger partial charge in [-0.3, -0.25) is 4.57 Å². The molecule has 0 amide bonds. The molecule has 94 valence electrons. The fraction of sp³-hybridized carbons (Fsp3) is 0.0625. The lowest BCUT2D eigenvalue weighted by atomic mass is 10.2. The molecular weight excluding hydrogens is 256 g/mol. The smallest absolute Gasteiger partial charge is 0.144 e. The van der Waals surface area contributed by atoms with E-state index in [-0.39, 0.29) is 0 Å². The summed E-state index contributed by atoms with van der Waals surface area (Å²) in [5.41, 5.74) is 3.40. The average Bonchev–Trinajstić information content (AvgIpc) is 2.90. The second-order valence-electron chi connectivity index (χ2n) is 4.46. The van der Waals surface area contributed by atoms with Crippen LogP contribution in [0.2, 0.25) is 5.02 Å². The number of benzene rings is 2. The molecule has 2 aromatic carbocycles. The Hall–Kier alpha value is -2.06. The summed E-state index contributed by atoms with van der Waals surface area (Å²) < 4.78 is 2.07. The quantitative estimate of drug-likeness (QED) is 0.669. The maximum atomic E-state index is 5.92. The lowest BCUT2D eigenvalue weighted by Gasteiger charge is -2.08. The lowest BCUT2D eigenvalue weighted by molar-refractivity contribution is 1.07. The second-order valence-corrected chi connectivity index (χ2v) is 4.90. The summed E-state index contributed by atoms with van der Waals surface area (Å²) in [6.45, 7) is 2.08. The molecule has 19 heavy (non-hydrogen) atoms. The third kappa shape index (κ3) is 2.40. The minimum Gasteiger partial charge on any atom is -0.300 e. The maximum Gasteiger partial charge on any atom is 0.144 e. The highest BCUT2D eigenvalue weighted by molar-refractivity contribution is 6.30. The van der Waals surface area contributed by atoms with E-state index < -0.39 is 0 Å². The maximum absolute atomic E-state index is 5.92. The van der Waals surface area contributed by atoms with Crippen LogP contribution in [0.25, 0.3) is 17.1 Å². The van der Waals surface area contributed by atoms with E-state index in [1.807, 2.05) is 36.7 Å². The predicted octanol–water partition coefficient (Wildman–Crippen LogP) is 4.50. The molecule has 0 fully saturated rings. The van der Waals surface area contributed by atoms with E-state index in [9.17, 15) is 0 Å². The van der Waals surface area contributed by atoms with Gasteiger partial charge in [0.15, 0.2) is 0 Å². The Morgan fingerprint density at radius 3 is 2.32 bits per heavy atom. The molecule has 2 nitrogen and oxygen atoms in total. The van der Waals surface area contributed by atoms with Gasteiger partial charge in [0.2, 0.25) is 0 Å². The Balaban J connectivity index is 2.07. The summed E-state index contributed by atoms with van der Waals surface area (Å²) in [4.78, 5) is 4.43. The minimum atomic E-state index is 0.734. The molecule has 0 spiro atoms. The van der Waals surface area contributed by atoms with Crippen molar-refractivity contribution in [2.75, 3.05) is 0 Å². The van der Waals surface area contributed by atoms with E-state index in [0.29, 0.717) is 0 Å². The highest BCUT2D eigenvalue weighted by Gasteiger charge is 2.07. The van der Waals surface area contributed by atoms with Gasteiger partial charge in [0.25, 0.3) is 0 Å². The Morgan fingerprint density at radius 1 is 0.947 bits per heavy atom. The molecule has 0 radical (unpaired) electrons. The van der Waals surface area contributed by atoms with E-state index >= 15 is 0 Å². The first-order valence-corrected chi connectivity index (χ1v) is 6.48. The van der Waals surface area contributed by atoms with Gasteiger partial charge < -0.3 is 0 Å². The van der Waals surface area contributed by atoms with Crippen molar-refractivity contribution >= 4 is 11.6 Å². The van der Waals surface area contributed by atoms with E-state index in [1.165, 1.54) is 5.56 Å². The number of nitrogens with zero attached hydrogens (tertiary/aromatic N) is 2. The molecule has 0 saturated carbocycles. The van der Waals surface area contributed by atoms with E-state index in [1.54, 1.807) is 0 Å². The van der Waals surface area contributed by atoms with E-state index in [2.05, 4.69) is 40.7 Å². The standard InChI is InChI=1S/C16H13ClN2/c1-12-2-8-15(9-3-12)19-11-10-18-16(19)13-4-6-14(17)7-5-13/h2-11H,1H3. The Labute approximate surface area is 117 Å². The molecule has 0 saturated heterocycles. The van der Waals surface area contributed by atoms with Gasteiger partial charge in [-0.15, -0.1) is 0 Å². The zero-order chi connectivity index (χ0) is 13.2. The van der Waals surface area contributed by atoms with Crippen LogP contribution in [0.1, 0.15) is 5.56 Å². The Morgan fingerprint density at radius 2 is 1.63 bits per heavy atom. The molecule has 3 rings (SSSR count). The first kappa shape index (κ1) is 12.0. The molecular formula is C16H13ClN2. The number of aryl methyl sites for hydroxylation is 1. The first-order valence-electron chi connectivity index (χ1n) is 6.10. The second kappa shape index (κ2) is 4.90. The first-order chi connectivity index (χ1) is 9.24. The highest BCUT2D eigenvalue weighted by atomic mass is 35.5. The topological polar surface area (TPSA) is 17.8 Å². The molecule has 0 aliphatic carbocycles. The number of hydrogen-bond donors (Lipinski definition) is 0. The minimum absolute atomic E-state index is 0.734. The number of imidazole rings is 1. The zero-order valence-corrected chi connectivity index (χ0v) is 11.3. The molecule has 1 aromatic heterocycles.